The molecule has 0 bridgehead atoms. The van der Waals surface area contributed by atoms with Gasteiger partial charge in [-0.3, -0.25) is 9.38 Å². The van der Waals surface area contributed by atoms with Crippen LogP contribution in [0.4, 0.5) is 13.2 Å². The average molecular weight is 393 g/mol. The van der Waals surface area contributed by atoms with E-state index in [1.54, 1.807) is 30.0 Å². The Morgan fingerprint density at radius 2 is 1.93 bits per heavy atom. The van der Waals surface area contributed by atoms with E-state index in [9.17, 15) is 13.2 Å². The van der Waals surface area contributed by atoms with E-state index in [0.717, 1.165) is 0 Å². The minimum atomic E-state index is -4.41. The number of halogens is 3. The average Bonchev–Trinajstić information content (AvgIpc) is 3.43. The maximum absolute atomic E-state index is 13.1. The first-order valence-corrected chi connectivity index (χ1v) is 8.80. The molecule has 1 saturated carbocycles. The van der Waals surface area contributed by atoms with Gasteiger partial charge < -0.3 is 9.47 Å². The Morgan fingerprint density at radius 1 is 1.14 bits per heavy atom. The fourth-order valence-electron chi connectivity index (χ4n) is 2.91. The first-order chi connectivity index (χ1) is 13.4. The molecule has 1 aliphatic rings. The van der Waals surface area contributed by atoms with Crippen molar-refractivity contribution in [3.05, 3.63) is 36.5 Å². The second kappa shape index (κ2) is 7.01. The number of rotatable bonds is 6. The molecule has 3 aromatic heterocycles. The van der Waals surface area contributed by atoms with Crippen LogP contribution in [0.5, 0.6) is 5.88 Å². The van der Waals surface area contributed by atoms with Crippen molar-refractivity contribution in [1.82, 2.24) is 24.6 Å². The maximum Gasteiger partial charge on any atom is 0.425 e. The maximum atomic E-state index is 13.1. The van der Waals surface area contributed by atoms with Crippen molar-refractivity contribution < 1.29 is 22.6 Å². The molecular weight excluding hydrogens is 375 g/mol. The molecule has 0 aliphatic heterocycles. The predicted octanol–water partition coefficient (Wildman–Crippen LogP) is 3.61. The van der Waals surface area contributed by atoms with E-state index in [1.807, 2.05) is 6.92 Å². The number of aromatic nitrogens is 5. The smallest absolute Gasteiger partial charge is 0.425 e. The summed E-state index contributed by atoms with van der Waals surface area (Å²) in [6.07, 6.45) is -0.701. The van der Waals surface area contributed by atoms with E-state index < -0.39 is 18.2 Å². The first-order valence-electron chi connectivity index (χ1n) is 8.80. The van der Waals surface area contributed by atoms with Crippen LogP contribution in [0.25, 0.3) is 16.9 Å². The van der Waals surface area contributed by atoms with Crippen LogP contribution in [-0.4, -0.2) is 44.0 Å². The zero-order valence-electron chi connectivity index (χ0n) is 15.2. The van der Waals surface area contributed by atoms with Crippen LogP contribution >= 0.6 is 0 Å². The molecule has 0 radical (unpaired) electrons. The van der Waals surface area contributed by atoms with E-state index in [0.29, 0.717) is 35.6 Å². The third kappa shape index (κ3) is 3.64. The second-order valence-electron chi connectivity index (χ2n) is 6.74. The summed E-state index contributed by atoms with van der Waals surface area (Å²) in [6, 6.07) is 3.05. The monoisotopic (exact) mass is 393 g/mol. The number of alkyl halides is 3. The van der Waals surface area contributed by atoms with Gasteiger partial charge in [-0.25, -0.2) is 4.98 Å². The number of hydrogen-bond donors (Lipinski definition) is 0. The second-order valence-corrected chi connectivity index (χ2v) is 6.74. The van der Waals surface area contributed by atoms with Crippen molar-refractivity contribution in [1.29, 1.82) is 0 Å². The Morgan fingerprint density at radius 3 is 2.54 bits per heavy atom. The minimum absolute atomic E-state index is 0.0583. The lowest BCUT2D eigenvalue weighted by molar-refractivity contribution is -0.201. The zero-order chi connectivity index (χ0) is 19.9. The van der Waals surface area contributed by atoms with Crippen LogP contribution in [0.15, 0.2) is 30.7 Å². The summed E-state index contributed by atoms with van der Waals surface area (Å²) < 4.78 is 51.5. The van der Waals surface area contributed by atoms with Gasteiger partial charge in [0, 0.05) is 37.1 Å². The van der Waals surface area contributed by atoms with Crippen molar-refractivity contribution in [3.63, 3.8) is 0 Å². The standard InChI is InChI=1S/C18H18F3N5O2/c1-10(27-2)17-25-24-14-8-22-13(9-26(14)17)12-5-6-15(23-7-12)28-16(11-3-4-11)18(19,20)21/h5-11,16H,3-4H2,1-2H3/t10-,16+/m0/s1. The normalized spacial score (nSPS) is 16.9. The van der Waals surface area contributed by atoms with Crippen molar-refractivity contribution in [2.75, 3.05) is 7.11 Å². The number of pyridine rings is 1. The topological polar surface area (TPSA) is 74.4 Å². The SMILES string of the molecule is CO[C@@H](C)c1nnc2cnc(-c3ccc(O[C@H](C4CC4)C(F)(F)F)nc3)cn12. The number of methoxy groups -OCH3 is 1. The van der Waals surface area contributed by atoms with Crippen molar-refractivity contribution in [3.8, 4) is 17.1 Å². The molecule has 0 unspecified atom stereocenters. The molecule has 1 fully saturated rings. The predicted molar refractivity (Wildman–Crippen MR) is 92.6 cm³/mol. The summed E-state index contributed by atoms with van der Waals surface area (Å²) >= 11 is 0. The summed E-state index contributed by atoms with van der Waals surface area (Å²) in [6.45, 7) is 1.85. The summed E-state index contributed by atoms with van der Waals surface area (Å²) in [5.41, 5.74) is 1.77. The Balaban J connectivity index is 1.58. The van der Waals surface area contributed by atoms with Crippen LogP contribution < -0.4 is 4.74 Å². The lowest BCUT2D eigenvalue weighted by Crippen LogP contribution is -2.36. The lowest BCUT2D eigenvalue weighted by Gasteiger charge is -2.20. The van der Waals surface area contributed by atoms with Crippen molar-refractivity contribution in [2.45, 2.75) is 38.1 Å². The highest BCUT2D eigenvalue weighted by atomic mass is 19.4. The van der Waals surface area contributed by atoms with Gasteiger partial charge in [0.2, 0.25) is 5.88 Å². The van der Waals surface area contributed by atoms with E-state index in [4.69, 9.17) is 9.47 Å². The first kappa shape index (κ1) is 18.6. The molecule has 0 amide bonds. The third-order valence-corrected chi connectivity index (χ3v) is 4.69. The van der Waals surface area contributed by atoms with Gasteiger partial charge in [0.1, 0.15) is 6.10 Å². The van der Waals surface area contributed by atoms with E-state index in [-0.39, 0.29) is 12.0 Å². The van der Waals surface area contributed by atoms with Crippen LogP contribution in [0, 0.1) is 5.92 Å². The van der Waals surface area contributed by atoms with Gasteiger partial charge in [0.05, 0.1) is 11.9 Å². The largest absolute Gasteiger partial charge is 0.464 e. The van der Waals surface area contributed by atoms with Gasteiger partial charge in [0.15, 0.2) is 17.6 Å². The fourth-order valence-corrected chi connectivity index (χ4v) is 2.91. The molecule has 4 rings (SSSR count). The minimum Gasteiger partial charge on any atom is -0.464 e. The lowest BCUT2D eigenvalue weighted by atomic mass is 10.2. The molecule has 0 aromatic carbocycles. The van der Waals surface area contributed by atoms with E-state index >= 15 is 0 Å². The quantitative estimate of drug-likeness (QED) is 0.637. The zero-order valence-corrected chi connectivity index (χ0v) is 15.2. The fraction of sp³-hybridized carbons (Fsp3) is 0.444. The molecule has 28 heavy (non-hydrogen) atoms. The van der Waals surface area contributed by atoms with Crippen LogP contribution in [-0.2, 0) is 4.74 Å². The summed E-state index contributed by atoms with van der Waals surface area (Å²) in [5.74, 6) is 0.0732. The van der Waals surface area contributed by atoms with Gasteiger partial charge in [-0.1, -0.05) is 0 Å². The molecular formula is C18H18F3N5O2. The van der Waals surface area contributed by atoms with Gasteiger partial charge in [-0.15, -0.1) is 10.2 Å². The van der Waals surface area contributed by atoms with Gasteiger partial charge in [0.25, 0.3) is 0 Å². The molecule has 148 valence electrons. The number of ether oxygens (including phenoxy) is 2. The van der Waals surface area contributed by atoms with Crippen LogP contribution in [0.1, 0.15) is 31.7 Å². The van der Waals surface area contributed by atoms with Crippen LogP contribution in [0.2, 0.25) is 0 Å². The highest BCUT2D eigenvalue weighted by Gasteiger charge is 2.51. The number of nitrogens with zero attached hydrogens (tertiary/aromatic N) is 5. The van der Waals surface area contributed by atoms with Crippen molar-refractivity contribution in [2.24, 2.45) is 5.92 Å². The highest BCUT2D eigenvalue weighted by molar-refractivity contribution is 5.59. The molecule has 1 aliphatic carbocycles. The van der Waals surface area contributed by atoms with Gasteiger partial charge in [-0.2, -0.15) is 13.2 Å². The summed E-state index contributed by atoms with van der Waals surface area (Å²) in [4.78, 5) is 8.35. The highest BCUT2D eigenvalue weighted by Crippen LogP contribution is 2.42. The Labute approximate surface area is 158 Å². The molecule has 10 heteroatoms. The van der Waals surface area contributed by atoms with Gasteiger partial charge >= 0.3 is 6.18 Å². The Hall–Kier alpha value is -2.75. The Bertz CT molecular complexity index is 970. The molecule has 0 spiro atoms. The van der Waals surface area contributed by atoms with Crippen LogP contribution in [0.3, 0.4) is 0 Å². The molecule has 2 atom stereocenters. The molecule has 3 aromatic rings. The third-order valence-electron chi connectivity index (χ3n) is 4.69. The van der Waals surface area contributed by atoms with E-state index in [1.165, 1.54) is 12.3 Å². The van der Waals surface area contributed by atoms with Crippen molar-refractivity contribution >= 4 is 5.65 Å². The Kier molecular flexibility index (Phi) is 4.66. The molecule has 0 saturated heterocycles. The molecule has 7 nitrogen and oxygen atoms in total. The van der Waals surface area contributed by atoms with E-state index in [2.05, 4.69) is 20.2 Å². The number of hydrogen-bond acceptors (Lipinski definition) is 6. The molecule has 3 heterocycles. The molecule has 0 N–H and O–H groups in total. The summed E-state index contributed by atoms with van der Waals surface area (Å²) in [5, 5.41) is 8.14. The number of fused-ring (bicyclic) bond motifs is 1. The summed E-state index contributed by atoms with van der Waals surface area (Å²) in [7, 11) is 1.58. The van der Waals surface area contributed by atoms with Gasteiger partial charge in [-0.05, 0) is 25.8 Å².